The fourth-order valence-electron chi connectivity index (χ4n) is 2.75. The molecule has 3 aromatic rings. The number of benzene rings is 1. The maximum absolute atomic E-state index is 12.6. The molecule has 25 heavy (non-hydrogen) atoms. The number of fused-ring (bicyclic) bond motifs is 1. The molecule has 1 aromatic carbocycles. The summed E-state index contributed by atoms with van der Waals surface area (Å²) >= 11 is 1.09. The second-order valence-electron chi connectivity index (χ2n) is 5.83. The first kappa shape index (κ1) is 17.1. The van der Waals surface area contributed by atoms with Crippen molar-refractivity contribution in [2.24, 2.45) is 0 Å². The van der Waals surface area contributed by atoms with Gasteiger partial charge in [0.05, 0.1) is 5.52 Å². The molecule has 1 amide bonds. The van der Waals surface area contributed by atoms with Gasteiger partial charge >= 0.3 is 5.69 Å². The SMILES string of the molecule is CCn1c(=O)c2nscc2n(CC(=O)Nc2ccc(C)cc2C)c1=O. The van der Waals surface area contributed by atoms with Crippen molar-refractivity contribution in [2.45, 2.75) is 33.9 Å². The van der Waals surface area contributed by atoms with Crippen LogP contribution in [0.2, 0.25) is 0 Å². The van der Waals surface area contributed by atoms with Crippen LogP contribution in [0.4, 0.5) is 5.69 Å². The molecule has 0 aliphatic heterocycles. The molecule has 0 radical (unpaired) electrons. The van der Waals surface area contributed by atoms with Gasteiger partial charge in [0.25, 0.3) is 5.56 Å². The number of amides is 1. The number of hydrogen-bond acceptors (Lipinski definition) is 5. The largest absolute Gasteiger partial charge is 0.332 e. The van der Waals surface area contributed by atoms with Gasteiger partial charge in [-0.15, -0.1) is 0 Å². The Balaban J connectivity index is 1.97. The first-order valence-corrected chi connectivity index (χ1v) is 8.71. The topological polar surface area (TPSA) is 86.0 Å². The molecule has 0 fully saturated rings. The zero-order chi connectivity index (χ0) is 18.1. The Kier molecular flexibility index (Phi) is 4.54. The van der Waals surface area contributed by atoms with Crippen molar-refractivity contribution in [1.82, 2.24) is 13.5 Å². The van der Waals surface area contributed by atoms with Crippen LogP contribution in [-0.4, -0.2) is 19.4 Å². The number of nitrogens with zero attached hydrogens (tertiary/aromatic N) is 3. The first-order valence-electron chi connectivity index (χ1n) is 7.87. The van der Waals surface area contributed by atoms with Gasteiger partial charge in [0.1, 0.15) is 6.54 Å². The minimum absolute atomic E-state index is 0.179. The molecule has 0 aliphatic rings. The summed E-state index contributed by atoms with van der Waals surface area (Å²) in [6.45, 7) is 5.64. The van der Waals surface area contributed by atoms with Crippen LogP contribution in [0.15, 0.2) is 33.2 Å². The van der Waals surface area contributed by atoms with Crippen LogP contribution in [0.1, 0.15) is 18.1 Å². The van der Waals surface area contributed by atoms with Gasteiger partial charge in [0.15, 0.2) is 5.52 Å². The van der Waals surface area contributed by atoms with Gasteiger partial charge in [-0.1, -0.05) is 17.7 Å². The number of hydrogen-bond donors (Lipinski definition) is 1. The lowest BCUT2D eigenvalue weighted by molar-refractivity contribution is -0.116. The highest BCUT2D eigenvalue weighted by molar-refractivity contribution is 7.04. The van der Waals surface area contributed by atoms with Crippen molar-refractivity contribution in [1.29, 1.82) is 0 Å². The van der Waals surface area contributed by atoms with Gasteiger partial charge in [-0.05, 0) is 43.9 Å². The van der Waals surface area contributed by atoms with Gasteiger partial charge in [0.2, 0.25) is 5.91 Å². The minimum Gasteiger partial charge on any atom is -0.324 e. The predicted octanol–water partition coefficient (Wildman–Crippen LogP) is 1.90. The summed E-state index contributed by atoms with van der Waals surface area (Å²) in [4.78, 5) is 37.2. The molecular formula is C17H18N4O3S. The molecule has 0 unspecified atom stereocenters. The van der Waals surface area contributed by atoms with Gasteiger partial charge in [0, 0.05) is 17.6 Å². The van der Waals surface area contributed by atoms with Crippen molar-refractivity contribution in [3.8, 4) is 0 Å². The Bertz CT molecular complexity index is 1080. The minimum atomic E-state index is -0.504. The molecule has 7 nitrogen and oxygen atoms in total. The molecular weight excluding hydrogens is 340 g/mol. The van der Waals surface area contributed by atoms with Crippen LogP contribution in [0.5, 0.6) is 0 Å². The van der Waals surface area contributed by atoms with Crippen molar-refractivity contribution >= 4 is 34.2 Å². The highest BCUT2D eigenvalue weighted by atomic mass is 32.1. The molecule has 1 N–H and O–H groups in total. The molecule has 0 saturated heterocycles. The fraction of sp³-hybridized carbons (Fsp3) is 0.294. The number of rotatable bonds is 4. The average Bonchev–Trinajstić information content (AvgIpc) is 3.04. The van der Waals surface area contributed by atoms with Gasteiger partial charge in [-0.2, -0.15) is 4.37 Å². The lowest BCUT2D eigenvalue weighted by Gasteiger charge is -2.12. The molecule has 0 aliphatic carbocycles. The van der Waals surface area contributed by atoms with Crippen LogP contribution in [0.25, 0.3) is 11.0 Å². The maximum atomic E-state index is 12.6. The number of carbonyl (C=O) groups is 1. The molecule has 130 valence electrons. The summed E-state index contributed by atoms with van der Waals surface area (Å²) in [6.07, 6.45) is 0. The van der Waals surface area contributed by atoms with Crippen LogP contribution in [-0.2, 0) is 17.9 Å². The number of aromatic nitrogens is 3. The standard InChI is InChI=1S/C17H18N4O3S/c1-4-20-16(23)15-13(9-25-19-15)21(17(20)24)8-14(22)18-12-6-5-10(2)7-11(12)3/h5-7,9H,4,8H2,1-3H3,(H,18,22). The van der Waals surface area contributed by atoms with E-state index >= 15 is 0 Å². The number of carbonyl (C=O) groups excluding carboxylic acids is 1. The third-order valence-electron chi connectivity index (χ3n) is 4.03. The van der Waals surface area contributed by atoms with Crippen LogP contribution < -0.4 is 16.6 Å². The van der Waals surface area contributed by atoms with Crippen LogP contribution in [0.3, 0.4) is 0 Å². The zero-order valence-electron chi connectivity index (χ0n) is 14.2. The Labute approximate surface area is 147 Å². The lowest BCUT2D eigenvalue weighted by Crippen LogP contribution is -2.41. The second kappa shape index (κ2) is 6.64. The lowest BCUT2D eigenvalue weighted by atomic mass is 10.1. The average molecular weight is 358 g/mol. The van der Waals surface area contributed by atoms with Crippen LogP contribution >= 0.6 is 11.5 Å². The molecule has 0 saturated carbocycles. The van der Waals surface area contributed by atoms with E-state index in [9.17, 15) is 14.4 Å². The smallest absolute Gasteiger partial charge is 0.324 e. The molecule has 2 aromatic heterocycles. The van der Waals surface area contributed by atoms with Gasteiger partial charge in [-0.3, -0.25) is 18.7 Å². The molecule has 0 atom stereocenters. The predicted molar refractivity (Wildman–Crippen MR) is 98.4 cm³/mol. The van der Waals surface area contributed by atoms with Gasteiger partial charge in [-0.25, -0.2) is 4.79 Å². The number of anilines is 1. The van der Waals surface area contributed by atoms with E-state index in [1.165, 1.54) is 4.57 Å². The third-order valence-corrected chi connectivity index (χ3v) is 4.64. The monoisotopic (exact) mass is 358 g/mol. The van der Waals surface area contributed by atoms with Crippen LogP contribution in [0, 0.1) is 13.8 Å². The van der Waals surface area contributed by atoms with E-state index in [0.29, 0.717) is 11.2 Å². The molecule has 3 rings (SSSR count). The maximum Gasteiger partial charge on any atom is 0.332 e. The van der Waals surface area contributed by atoms with E-state index in [-0.39, 0.29) is 24.5 Å². The van der Waals surface area contributed by atoms with Crippen molar-refractivity contribution < 1.29 is 4.79 Å². The Morgan fingerprint density at radius 1 is 1.24 bits per heavy atom. The quantitative estimate of drug-likeness (QED) is 0.772. The summed E-state index contributed by atoms with van der Waals surface area (Å²) in [5, 5.41) is 4.43. The second-order valence-corrected chi connectivity index (χ2v) is 6.46. The fourth-order valence-corrected chi connectivity index (χ4v) is 3.42. The summed E-state index contributed by atoms with van der Waals surface area (Å²) in [6, 6.07) is 5.72. The number of aryl methyl sites for hydroxylation is 2. The van der Waals surface area contributed by atoms with E-state index in [1.807, 2.05) is 32.0 Å². The van der Waals surface area contributed by atoms with E-state index < -0.39 is 11.2 Å². The molecule has 2 heterocycles. The van der Waals surface area contributed by atoms with Crippen molar-refractivity contribution in [3.05, 3.63) is 55.5 Å². The van der Waals surface area contributed by atoms with E-state index in [0.717, 1.165) is 27.2 Å². The molecule has 0 bridgehead atoms. The van der Waals surface area contributed by atoms with Gasteiger partial charge < -0.3 is 5.32 Å². The summed E-state index contributed by atoms with van der Waals surface area (Å²) < 4.78 is 6.44. The molecule has 8 heteroatoms. The summed E-state index contributed by atoms with van der Waals surface area (Å²) in [7, 11) is 0. The highest BCUT2D eigenvalue weighted by Crippen LogP contribution is 2.16. The van der Waals surface area contributed by atoms with Crippen molar-refractivity contribution in [3.63, 3.8) is 0 Å². The van der Waals surface area contributed by atoms with E-state index in [1.54, 1.807) is 12.3 Å². The first-order chi connectivity index (χ1) is 11.9. The Morgan fingerprint density at radius 3 is 2.68 bits per heavy atom. The molecule has 0 spiro atoms. The van der Waals surface area contributed by atoms with E-state index in [2.05, 4.69) is 9.69 Å². The van der Waals surface area contributed by atoms with Crippen molar-refractivity contribution in [2.75, 3.05) is 5.32 Å². The summed E-state index contributed by atoms with van der Waals surface area (Å²) in [5.41, 5.74) is 2.43. The number of nitrogens with one attached hydrogen (secondary N) is 1. The zero-order valence-corrected chi connectivity index (χ0v) is 15.0. The Hall–Kier alpha value is -2.74. The highest BCUT2D eigenvalue weighted by Gasteiger charge is 2.16. The summed E-state index contributed by atoms with van der Waals surface area (Å²) in [5.74, 6) is -0.331. The normalized spacial score (nSPS) is 11.0. The Morgan fingerprint density at radius 2 is 2.00 bits per heavy atom. The van der Waals surface area contributed by atoms with E-state index in [4.69, 9.17) is 0 Å². The third kappa shape index (κ3) is 3.12.